The molecular formula is C13H13NO3S2. The van der Waals surface area contributed by atoms with Gasteiger partial charge in [0.25, 0.3) is 0 Å². The number of carboxylic acid groups (broad SMARTS) is 1. The topological polar surface area (TPSA) is 63.3 Å². The summed E-state index contributed by atoms with van der Waals surface area (Å²) in [7, 11) is 0. The highest BCUT2D eigenvalue weighted by molar-refractivity contribution is 7.99. The van der Waals surface area contributed by atoms with E-state index in [4.69, 9.17) is 9.52 Å². The van der Waals surface area contributed by atoms with Crippen molar-refractivity contribution in [3.8, 4) is 11.5 Å². The Morgan fingerprint density at radius 3 is 3.05 bits per heavy atom. The Balaban J connectivity index is 1.81. The number of aromatic carboxylic acids is 1. The maximum absolute atomic E-state index is 10.8. The quantitative estimate of drug-likeness (QED) is 0.925. The van der Waals surface area contributed by atoms with E-state index in [-0.39, 0.29) is 5.56 Å². The van der Waals surface area contributed by atoms with Crippen LogP contribution in [0.25, 0.3) is 11.5 Å². The van der Waals surface area contributed by atoms with Crippen LogP contribution in [0.4, 0.5) is 0 Å². The molecule has 0 aromatic carbocycles. The second-order valence-corrected chi connectivity index (χ2v) is 6.63. The second-order valence-electron chi connectivity index (χ2n) is 4.43. The molecule has 100 valence electrons. The maximum Gasteiger partial charge on any atom is 0.338 e. The predicted molar refractivity (Wildman–Crippen MR) is 75.8 cm³/mol. The fraction of sp³-hybridized carbons (Fsp3) is 0.385. The minimum absolute atomic E-state index is 0.164. The molecule has 3 rings (SSSR count). The summed E-state index contributed by atoms with van der Waals surface area (Å²) in [5.41, 5.74) is 0.898. The minimum Gasteiger partial charge on any atom is -0.478 e. The first kappa shape index (κ1) is 12.7. The Kier molecular flexibility index (Phi) is 3.61. The van der Waals surface area contributed by atoms with E-state index in [9.17, 15) is 4.79 Å². The molecule has 19 heavy (non-hydrogen) atoms. The molecule has 2 aromatic rings. The van der Waals surface area contributed by atoms with Crippen LogP contribution in [0.2, 0.25) is 0 Å². The van der Waals surface area contributed by atoms with E-state index in [0.717, 1.165) is 10.7 Å². The maximum atomic E-state index is 10.8. The number of thiazole rings is 1. The summed E-state index contributed by atoms with van der Waals surface area (Å²) in [6.07, 6.45) is 4.98. The van der Waals surface area contributed by atoms with Crippen LogP contribution in [0.3, 0.4) is 0 Å². The number of carboxylic acids is 1. The summed E-state index contributed by atoms with van der Waals surface area (Å²) in [5.74, 6) is 0.748. The van der Waals surface area contributed by atoms with E-state index in [2.05, 4.69) is 4.98 Å². The van der Waals surface area contributed by atoms with Gasteiger partial charge in [-0.25, -0.2) is 9.78 Å². The summed E-state index contributed by atoms with van der Waals surface area (Å²) >= 11 is 3.59. The van der Waals surface area contributed by atoms with Gasteiger partial charge in [0, 0.05) is 11.4 Å². The fourth-order valence-corrected chi connectivity index (χ4v) is 4.44. The number of nitrogens with zero attached hydrogens (tertiary/aromatic N) is 1. The van der Waals surface area contributed by atoms with Crippen molar-refractivity contribution < 1.29 is 14.3 Å². The summed E-state index contributed by atoms with van der Waals surface area (Å²) in [6, 6.07) is 1.52. The van der Waals surface area contributed by atoms with Gasteiger partial charge in [0.2, 0.25) is 0 Å². The van der Waals surface area contributed by atoms with Crippen LogP contribution in [-0.4, -0.2) is 21.8 Å². The molecule has 6 heteroatoms. The molecule has 1 N–H and O–H groups in total. The molecule has 0 spiro atoms. The van der Waals surface area contributed by atoms with E-state index in [0.29, 0.717) is 11.0 Å². The lowest BCUT2D eigenvalue weighted by molar-refractivity contribution is 0.0696. The molecule has 0 aliphatic carbocycles. The molecular weight excluding hydrogens is 282 g/mol. The largest absolute Gasteiger partial charge is 0.478 e. The zero-order valence-electron chi connectivity index (χ0n) is 10.2. The number of aromatic nitrogens is 1. The lowest BCUT2D eigenvalue weighted by Gasteiger charge is -2.18. The molecule has 0 bridgehead atoms. The van der Waals surface area contributed by atoms with Crippen LogP contribution < -0.4 is 0 Å². The normalized spacial score (nSPS) is 19.5. The van der Waals surface area contributed by atoms with Crippen LogP contribution in [0.1, 0.15) is 39.9 Å². The molecule has 1 atom stereocenters. The molecule has 0 saturated carbocycles. The van der Waals surface area contributed by atoms with E-state index >= 15 is 0 Å². The van der Waals surface area contributed by atoms with E-state index in [1.807, 2.05) is 17.1 Å². The first-order valence-electron chi connectivity index (χ1n) is 6.13. The third-order valence-electron chi connectivity index (χ3n) is 3.08. The standard InChI is InChI=1S/C13H13NO3S2/c15-13(16)8-5-10(17-6-8)9-7-19-12(14-9)11-3-1-2-4-18-11/h5-7,11H,1-4H2,(H,15,16). The Morgan fingerprint density at radius 2 is 2.37 bits per heavy atom. The third kappa shape index (κ3) is 2.69. The van der Waals surface area contributed by atoms with Crippen molar-refractivity contribution in [3.63, 3.8) is 0 Å². The number of carbonyl (C=O) groups is 1. The van der Waals surface area contributed by atoms with Crippen molar-refractivity contribution in [2.45, 2.75) is 24.5 Å². The van der Waals surface area contributed by atoms with Crippen molar-refractivity contribution in [2.75, 3.05) is 5.75 Å². The average Bonchev–Trinajstić information content (AvgIpc) is 3.09. The Morgan fingerprint density at radius 1 is 1.47 bits per heavy atom. The summed E-state index contributed by atoms with van der Waals surface area (Å²) in [4.78, 5) is 15.4. The van der Waals surface area contributed by atoms with Crippen LogP contribution in [0.5, 0.6) is 0 Å². The molecule has 3 heterocycles. The van der Waals surface area contributed by atoms with Gasteiger partial charge in [0.1, 0.15) is 17.0 Å². The van der Waals surface area contributed by atoms with Crippen molar-refractivity contribution >= 4 is 29.1 Å². The van der Waals surface area contributed by atoms with Crippen molar-refractivity contribution in [2.24, 2.45) is 0 Å². The number of hydrogen-bond acceptors (Lipinski definition) is 5. The Bertz CT molecular complexity index is 584. The van der Waals surface area contributed by atoms with Gasteiger partial charge in [-0.3, -0.25) is 0 Å². The van der Waals surface area contributed by atoms with Crippen LogP contribution in [0, 0.1) is 0 Å². The average molecular weight is 295 g/mol. The number of furan rings is 1. The molecule has 1 aliphatic heterocycles. The first-order valence-corrected chi connectivity index (χ1v) is 8.06. The van der Waals surface area contributed by atoms with Gasteiger partial charge in [-0.1, -0.05) is 6.42 Å². The minimum atomic E-state index is -0.978. The number of hydrogen-bond donors (Lipinski definition) is 1. The lowest BCUT2D eigenvalue weighted by Crippen LogP contribution is -2.01. The molecule has 1 saturated heterocycles. The lowest BCUT2D eigenvalue weighted by atomic mass is 10.2. The smallest absolute Gasteiger partial charge is 0.338 e. The molecule has 4 nitrogen and oxygen atoms in total. The van der Waals surface area contributed by atoms with Gasteiger partial charge in [0.15, 0.2) is 5.76 Å². The van der Waals surface area contributed by atoms with E-state index in [1.165, 1.54) is 37.3 Å². The van der Waals surface area contributed by atoms with E-state index in [1.54, 1.807) is 11.3 Å². The SMILES string of the molecule is O=C(O)c1coc(-c2csc(C3CCCCS3)n2)c1. The molecule has 2 aromatic heterocycles. The first-order chi connectivity index (χ1) is 9.24. The van der Waals surface area contributed by atoms with Gasteiger partial charge in [0.05, 0.1) is 10.8 Å². The highest BCUT2D eigenvalue weighted by Gasteiger charge is 2.20. The Labute approximate surface area is 118 Å². The van der Waals surface area contributed by atoms with Crippen LogP contribution in [0.15, 0.2) is 22.1 Å². The van der Waals surface area contributed by atoms with Gasteiger partial charge < -0.3 is 9.52 Å². The van der Waals surface area contributed by atoms with Crippen molar-refractivity contribution in [3.05, 3.63) is 28.3 Å². The van der Waals surface area contributed by atoms with Crippen molar-refractivity contribution in [1.82, 2.24) is 4.98 Å². The second kappa shape index (κ2) is 5.38. The zero-order chi connectivity index (χ0) is 13.2. The number of rotatable bonds is 3. The fourth-order valence-electron chi connectivity index (χ4n) is 2.07. The highest BCUT2D eigenvalue weighted by Crippen LogP contribution is 2.40. The number of thioether (sulfide) groups is 1. The van der Waals surface area contributed by atoms with Gasteiger partial charge in [-0.15, -0.1) is 11.3 Å². The molecule has 1 unspecified atom stereocenters. The summed E-state index contributed by atoms with van der Waals surface area (Å²) < 4.78 is 5.27. The van der Waals surface area contributed by atoms with E-state index < -0.39 is 5.97 Å². The van der Waals surface area contributed by atoms with Gasteiger partial charge >= 0.3 is 5.97 Å². The van der Waals surface area contributed by atoms with Gasteiger partial charge in [-0.05, 0) is 18.6 Å². The predicted octanol–water partition coefficient (Wildman–Crippen LogP) is 4.06. The highest BCUT2D eigenvalue weighted by atomic mass is 32.2. The zero-order valence-corrected chi connectivity index (χ0v) is 11.8. The Hall–Kier alpha value is -1.27. The monoisotopic (exact) mass is 295 g/mol. The molecule has 0 radical (unpaired) electrons. The molecule has 1 aliphatic rings. The van der Waals surface area contributed by atoms with Crippen LogP contribution >= 0.6 is 23.1 Å². The molecule has 1 fully saturated rings. The third-order valence-corrected chi connectivity index (χ3v) is 5.57. The summed E-state index contributed by atoms with van der Waals surface area (Å²) in [5, 5.41) is 12.4. The van der Waals surface area contributed by atoms with Gasteiger partial charge in [-0.2, -0.15) is 11.8 Å². The summed E-state index contributed by atoms with van der Waals surface area (Å²) in [6.45, 7) is 0. The van der Waals surface area contributed by atoms with Crippen molar-refractivity contribution in [1.29, 1.82) is 0 Å². The van der Waals surface area contributed by atoms with Crippen LogP contribution in [-0.2, 0) is 0 Å². The molecule has 0 amide bonds.